The van der Waals surface area contributed by atoms with Crippen LogP contribution in [0.1, 0.15) is 36.2 Å². The van der Waals surface area contributed by atoms with Crippen molar-refractivity contribution in [1.29, 1.82) is 0 Å². The fourth-order valence-corrected chi connectivity index (χ4v) is 4.05. The van der Waals surface area contributed by atoms with Gasteiger partial charge in [0.05, 0.1) is 16.9 Å². The highest BCUT2D eigenvalue weighted by Gasteiger charge is 2.30. The van der Waals surface area contributed by atoms with Crippen molar-refractivity contribution >= 4 is 22.6 Å². The zero-order chi connectivity index (χ0) is 20.0. The molecular weight excluding hydrogens is 365 g/mol. The number of nitrogens with two attached hydrogens (primary N) is 1. The van der Waals surface area contributed by atoms with Gasteiger partial charge in [0.15, 0.2) is 11.6 Å². The average Bonchev–Trinajstić information content (AvgIpc) is 2.67. The molecule has 7 nitrogen and oxygen atoms in total. The maximum Gasteiger partial charge on any atom is 0.341 e. The van der Waals surface area contributed by atoms with E-state index in [1.807, 2.05) is 17.9 Å². The summed E-state index contributed by atoms with van der Waals surface area (Å²) in [6, 6.07) is 0.971. The van der Waals surface area contributed by atoms with Crippen LogP contribution in [0.25, 0.3) is 10.9 Å². The Morgan fingerprint density at radius 1 is 1.43 bits per heavy atom. The maximum absolute atomic E-state index is 15.1. The van der Waals surface area contributed by atoms with E-state index in [1.165, 1.54) is 11.8 Å². The number of carboxylic acid groups (broad SMARTS) is 1. The van der Waals surface area contributed by atoms with Crippen molar-refractivity contribution in [1.82, 2.24) is 4.57 Å². The molecule has 0 saturated carbocycles. The Morgan fingerprint density at radius 2 is 2.14 bits per heavy atom. The van der Waals surface area contributed by atoms with Crippen molar-refractivity contribution in [3.63, 3.8) is 0 Å². The first kappa shape index (κ1) is 18.5. The van der Waals surface area contributed by atoms with Gasteiger partial charge in [-0.25, -0.2) is 9.18 Å². The normalized spacial score (nSPS) is 18.9. The smallest absolute Gasteiger partial charge is 0.341 e. The average molecular weight is 387 g/mol. The summed E-state index contributed by atoms with van der Waals surface area (Å²) in [5.74, 6) is -1.58. The summed E-state index contributed by atoms with van der Waals surface area (Å²) in [6.45, 7) is 3.87. The molecule has 2 aliphatic rings. The minimum Gasteiger partial charge on any atom is -0.487 e. The number of piperidine rings is 1. The first-order chi connectivity index (χ1) is 13.4. The van der Waals surface area contributed by atoms with Gasteiger partial charge in [0.25, 0.3) is 0 Å². The van der Waals surface area contributed by atoms with Gasteiger partial charge in [-0.15, -0.1) is 0 Å². The molecule has 1 aromatic carbocycles. The number of carboxylic acids is 1. The van der Waals surface area contributed by atoms with Gasteiger partial charge < -0.3 is 25.0 Å². The fourth-order valence-electron chi connectivity index (χ4n) is 4.05. The highest BCUT2D eigenvalue weighted by molar-refractivity contribution is 5.97. The molecule has 3 N–H and O–H groups in total. The summed E-state index contributed by atoms with van der Waals surface area (Å²) in [6.07, 6.45) is 4.91. The number of carbonyl (C=O) groups is 1. The van der Waals surface area contributed by atoms with Crippen LogP contribution in [0.5, 0.6) is 5.75 Å². The van der Waals surface area contributed by atoms with Gasteiger partial charge >= 0.3 is 5.97 Å². The predicted molar refractivity (Wildman–Crippen MR) is 104 cm³/mol. The quantitative estimate of drug-likeness (QED) is 0.784. The minimum atomic E-state index is -1.32. The molecule has 1 atom stereocenters. The number of hydrogen-bond donors (Lipinski definition) is 2. The number of hydrogen-bond acceptors (Lipinski definition) is 5. The lowest BCUT2D eigenvalue weighted by molar-refractivity contribution is 0.0694. The number of nitrogens with zero attached hydrogens (tertiary/aromatic N) is 2. The molecule has 148 valence electrons. The number of ether oxygens (including phenoxy) is 1. The molecule has 3 heterocycles. The summed E-state index contributed by atoms with van der Waals surface area (Å²) >= 11 is 0. The standard InChI is InChI=1S/C20H22FN3O4/c1-11-10-28-19-16-13(18(25)14(20(26)27)9-24(11)16)8-15(21)17(19)23-6-3-12(2-5-22)4-7-23/h2,8-9,11H,3-7,10,22H2,1H3,(H,26,27). The number of halogens is 1. The maximum atomic E-state index is 15.1. The summed E-state index contributed by atoms with van der Waals surface area (Å²) in [5.41, 5.74) is 6.56. The first-order valence-corrected chi connectivity index (χ1v) is 9.32. The second-order valence-electron chi connectivity index (χ2n) is 7.26. The Labute approximate surface area is 160 Å². The molecule has 2 aromatic rings. The van der Waals surface area contributed by atoms with Crippen LogP contribution in [0, 0.1) is 5.82 Å². The summed E-state index contributed by atoms with van der Waals surface area (Å²) in [4.78, 5) is 26.0. The van der Waals surface area contributed by atoms with E-state index >= 15 is 4.39 Å². The van der Waals surface area contributed by atoms with Crippen molar-refractivity contribution in [3.8, 4) is 5.75 Å². The van der Waals surface area contributed by atoms with E-state index in [9.17, 15) is 14.7 Å². The number of aromatic carboxylic acids is 1. The van der Waals surface area contributed by atoms with Crippen LogP contribution in [0.4, 0.5) is 10.1 Å². The monoisotopic (exact) mass is 387 g/mol. The van der Waals surface area contributed by atoms with Crippen LogP contribution in [-0.4, -0.2) is 41.9 Å². The highest BCUT2D eigenvalue weighted by atomic mass is 19.1. The van der Waals surface area contributed by atoms with E-state index in [0.29, 0.717) is 36.6 Å². The van der Waals surface area contributed by atoms with Gasteiger partial charge in [0, 0.05) is 25.8 Å². The van der Waals surface area contributed by atoms with E-state index in [2.05, 4.69) is 0 Å². The van der Waals surface area contributed by atoms with Crippen LogP contribution >= 0.6 is 0 Å². The molecule has 8 heteroatoms. The third-order valence-electron chi connectivity index (χ3n) is 5.50. The van der Waals surface area contributed by atoms with Gasteiger partial charge in [-0.05, 0) is 25.8 Å². The number of rotatable bonds is 3. The lowest BCUT2D eigenvalue weighted by atomic mass is 10.0. The van der Waals surface area contributed by atoms with Crippen molar-refractivity contribution < 1.29 is 19.0 Å². The van der Waals surface area contributed by atoms with E-state index < -0.39 is 17.2 Å². The van der Waals surface area contributed by atoms with Crippen LogP contribution in [0.15, 0.2) is 28.7 Å². The number of anilines is 1. The van der Waals surface area contributed by atoms with Gasteiger partial charge in [0.1, 0.15) is 17.9 Å². The number of pyridine rings is 1. The third kappa shape index (κ3) is 2.84. The molecule has 1 aromatic heterocycles. The molecule has 1 fully saturated rings. The molecule has 0 spiro atoms. The molecule has 0 radical (unpaired) electrons. The molecule has 0 amide bonds. The molecule has 0 aliphatic carbocycles. The molecule has 28 heavy (non-hydrogen) atoms. The number of aromatic nitrogens is 1. The van der Waals surface area contributed by atoms with Crippen LogP contribution in [-0.2, 0) is 0 Å². The molecule has 1 saturated heterocycles. The highest BCUT2D eigenvalue weighted by Crippen LogP contribution is 2.42. The van der Waals surface area contributed by atoms with E-state index in [-0.39, 0.29) is 23.6 Å². The molecule has 0 bridgehead atoms. The summed E-state index contributed by atoms with van der Waals surface area (Å²) in [7, 11) is 0. The topological polar surface area (TPSA) is 97.8 Å². The zero-order valence-electron chi connectivity index (χ0n) is 15.6. The second kappa shape index (κ2) is 6.94. The Bertz CT molecular complexity index is 1050. The van der Waals surface area contributed by atoms with Crippen molar-refractivity contribution in [2.24, 2.45) is 5.73 Å². The lowest BCUT2D eigenvalue weighted by Crippen LogP contribution is -2.34. The Hall–Kier alpha value is -2.87. The van der Waals surface area contributed by atoms with Gasteiger partial charge in [-0.3, -0.25) is 4.79 Å². The van der Waals surface area contributed by atoms with E-state index in [4.69, 9.17) is 10.5 Å². The largest absolute Gasteiger partial charge is 0.487 e. The second-order valence-corrected chi connectivity index (χ2v) is 7.26. The Morgan fingerprint density at radius 3 is 2.79 bits per heavy atom. The van der Waals surface area contributed by atoms with E-state index in [0.717, 1.165) is 18.9 Å². The van der Waals surface area contributed by atoms with Gasteiger partial charge in [-0.1, -0.05) is 11.6 Å². The van der Waals surface area contributed by atoms with Crippen molar-refractivity contribution in [3.05, 3.63) is 45.5 Å². The summed E-state index contributed by atoms with van der Waals surface area (Å²) in [5, 5.41) is 9.39. The van der Waals surface area contributed by atoms with E-state index in [1.54, 1.807) is 4.57 Å². The SMILES string of the molecule is CC1COc2c(N3CCC(=CCN)CC3)c(F)cc3c(=O)c(C(=O)O)cn1c23. The van der Waals surface area contributed by atoms with Crippen LogP contribution in [0.3, 0.4) is 0 Å². The fraction of sp³-hybridized carbons (Fsp3) is 0.400. The van der Waals surface area contributed by atoms with Gasteiger partial charge in [0.2, 0.25) is 5.43 Å². The minimum absolute atomic E-state index is 0.0310. The molecule has 2 aliphatic heterocycles. The number of benzene rings is 1. The van der Waals surface area contributed by atoms with Crippen molar-refractivity contribution in [2.75, 3.05) is 31.1 Å². The van der Waals surface area contributed by atoms with Crippen LogP contribution in [0.2, 0.25) is 0 Å². The first-order valence-electron chi connectivity index (χ1n) is 9.32. The molecule has 4 rings (SSSR count). The predicted octanol–water partition coefficient (Wildman–Crippen LogP) is 2.28. The Kier molecular flexibility index (Phi) is 4.58. The summed E-state index contributed by atoms with van der Waals surface area (Å²) < 4.78 is 22.7. The third-order valence-corrected chi connectivity index (χ3v) is 5.50. The molecule has 1 unspecified atom stereocenters. The Balaban J connectivity index is 1.90. The lowest BCUT2D eigenvalue weighted by Gasteiger charge is -2.35. The van der Waals surface area contributed by atoms with Gasteiger partial charge in [-0.2, -0.15) is 0 Å². The van der Waals surface area contributed by atoms with Crippen molar-refractivity contribution in [2.45, 2.75) is 25.8 Å². The van der Waals surface area contributed by atoms with Crippen LogP contribution < -0.4 is 20.8 Å². The zero-order valence-corrected chi connectivity index (χ0v) is 15.6. The molecular formula is C20H22FN3O4.